The quantitative estimate of drug-likeness (QED) is 0.388. The van der Waals surface area contributed by atoms with E-state index in [0.717, 1.165) is 35.9 Å². The summed E-state index contributed by atoms with van der Waals surface area (Å²) in [5.74, 6) is 1.20. The van der Waals surface area contributed by atoms with Gasteiger partial charge in [0.15, 0.2) is 5.82 Å². The number of alkyl halides is 3. The summed E-state index contributed by atoms with van der Waals surface area (Å²) in [6.07, 6.45) is -3.02. The van der Waals surface area contributed by atoms with Gasteiger partial charge in [-0.2, -0.15) is 13.2 Å². The number of rotatable bonds is 3. The molecule has 4 heterocycles. The van der Waals surface area contributed by atoms with Crippen LogP contribution in [-0.2, 0) is 10.9 Å². The van der Waals surface area contributed by atoms with Gasteiger partial charge in [-0.1, -0.05) is 12.1 Å². The van der Waals surface area contributed by atoms with E-state index < -0.39 is 11.7 Å². The van der Waals surface area contributed by atoms with Crippen LogP contribution in [-0.4, -0.2) is 56.0 Å². The third kappa shape index (κ3) is 3.67. The number of benzene rings is 2. The molecule has 0 aliphatic carbocycles. The maximum absolute atomic E-state index is 13.8. The maximum Gasteiger partial charge on any atom is 0.418 e. The highest BCUT2D eigenvalue weighted by molar-refractivity contribution is 5.98. The van der Waals surface area contributed by atoms with Crippen LogP contribution < -0.4 is 4.90 Å². The Hall–Kier alpha value is -3.99. The Bertz CT molecular complexity index is 1590. The van der Waals surface area contributed by atoms with Crippen LogP contribution in [0.2, 0.25) is 0 Å². The molecule has 11 heteroatoms. The summed E-state index contributed by atoms with van der Waals surface area (Å²) in [6, 6.07) is 9.99. The van der Waals surface area contributed by atoms with E-state index in [2.05, 4.69) is 25.1 Å². The van der Waals surface area contributed by atoms with E-state index in [1.54, 1.807) is 19.1 Å². The Morgan fingerprint density at radius 1 is 1.00 bits per heavy atom. The van der Waals surface area contributed by atoms with E-state index in [1.807, 2.05) is 23.6 Å². The molecular weight excluding hydrogens is 471 g/mol. The maximum atomic E-state index is 13.8. The van der Waals surface area contributed by atoms with E-state index in [-0.39, 0.29) is 5.52 Å². The van der Waals surface area contributed by atoms with Crippen LogP contribution in [0.3, 0.4) is 0 Å². The lowest BCUT2D eigenvalue weighted by molar-refractivity contribution is -0.136. The molecule has 1 aliphatic rings. The summed E-state index contributed by atoms with van der Waals surface area (Å²) in [4.78, 5) is 14.4. The van der Waals surface area contributed by atoms with Crippen molar-refractivity contribution in [1.82, 2.24) is 29.7 Å². The Kier molecular flexibility index (Phi) is 5.18. The summed E-state index contributed by atoms with van der Waals surface area (Å²) in [7, 11) is 0. The Labute approximate surface area is 203 Å². The number of hydrogen-bond donors (Lipinski definition) is 1. The number of hydrogen-bond acceptors (Lipinski definition) is 6. The number of nitrogens with zero attached hydrogens (tertiary/aromatic N) is 6. The second-order valence-electron chi connectivity index (χ2n) is 8.77. The van der Waals surface area contributed by atoms with Gasteiger partial charge in [0, 0.05) is 35.4 Å². The fourth-order valence-corrected chi connectivity index (χ4v) is 4.87. The van der Waals surface area contributed by atoms with E-state index in [0.29, 0.717) is 47.1 Å². The molecule has 1 N–H and O–H groups in total. The third-order valence-electron chi connectivity index (χ3n) is 6.45. The van der Waals surface area contributed by atoms with Crippen LogP contribution >= 0.6 is 0 Å². The number of nitrogens with one attached hydrogen (secondary N) is 1. The Balaban J connectivity index is 1.67. The van der Waals surface area contributed by atoms with Crippen molar-refractivity contribution < 1.29 is 17.9 Å². The molecule has 2 aromatic carbocycles. The van der Waals surface area contributed by atoms with Gasteiger partial charge < -0.3 is 14.6 Å². The number of aromatic amines is 1. The number of fused-ring (bicyclic) bond motifs is 2. The molecule has 0 radical (unpaired) electrons. The van der Waals surface area contributed by atoms with Gasteiger partial charge in [-0.15, -0.1) is 10.2 Å². The average molecular weight is 493 g/mol. The lowest BCUT2D eigenvalue weighted by atomic mass is 10.1. The molecule has 0 spiro atoms. The van der Waals surface area contributed by atoms with Crippen molar-refractivity contribution in [2.45, 2.75) is 20.0 Å². The largest absolute Gasteiger partial charge is 0.418 e. The van der Waals surface area contributed by atoms with Gasteiger partial charge in [-0.3, -0.25) is 9.55 Å². The van der Waals surface area contributed by atoms with E-state index in [9.17, 15) is 13.2 Å². The normalized spacial score (nSPS) is 14.8. The second-order valence-corrected chi connectivity index (χ2v) is 8.77. The highest BCUT2D eigenvalue weighted by Gasteiger charge is 2.34. The first-order valence-electron chi connectivity index (χ1n) is 11.5. The van der Waals surface area contributed by atoms with Gasteiger partial charge in [0.2, 0.25) is 0 Å². The average Bonchev–Trinajstić information content (AvgIpc) is 3.50. The zero-order valence-electron chi connectivity index (χ0n) is 19.6. The smallest absolute Gasteiger partial charge is 0.378 e. The van der Waals surface area contributed by atoms with Crippen molar-refractivity contribution in [3.05, 3.63) is 59.8 Å². The van der Waals surface area contributed by atoms with Gasteiger partial charge >= 0.3 is 6.18 Å². The first kappa shape index (κ1) is 22.5. The molecule has 0 amide bonds. The van der Waals surface area contributed by atoms with Crippen LogP contribution in [0.25, 0.3) is 39.0 Å². The minimum atomic E-state index is -4.52. The molecule has 5 aromatic rings. The first-order valence-corrected chi connectivity index (χ1v) is 11.5. The number of imidazole rings is 1. The lowest BCUT2D eigenvalue weighted by Gasteiger charge is -2.29. The predicted molar refractivity (Wildman–Crippen MR) is 129 cm³/mol. The van der Waals surface area contributed by atoms with Crippen molar-refractivity contribution in [3.8, 4) is 17.1 Å². The predicted octanol–water partition coefficient (Wildman–Crippen LogP) is 4.83. The minimum Gasteiger partial charge on any atom is -0.378 e. The summed E-state index contributed by atoms with van der Waals surface area (Å²) < 4.78 is 48.9. The highest BCUT2D eigenvalue weighted by Crippen LogP contribution is 2.38. The monoisotopic (exact) mass is 493 g/mol. The summed E-state index contributed by atoms with van der Waals surface area (Å²) in [5.41, 5.74) is 3.37. The van der Waals surface area contributed by atoms with Crippen molar-refractivity contribution >= 4 is 27.6 Å². The first-order chi connectivity index (χ1) is 17.3. The molecule has 1 saturated heterocycles. The SMILES string of the molecule is Cc1cc(-n2c(C)nc3c(-c4nnc[nH]4)cc(N4CCOCC4)cc32)c2cccc(C(F)(F)F)c2n1. The molecule has 0 unspecified atom stereocenters. The van der Waals surface area contributed by atoms with Gasteiger partial charge in [-0.25, -0.2) is 4.98 Å². The highest BCUT2D eigenvalue weighted by atomic mass is 19.4. The van der Waals surface area contributed by atoms with E-state index in [4.69, 9.17) is 9.72 Å². The Morgan fingerprint density at radius 3 is 2.53 bits per heavy atom. The van der Waals surface area contributed by atoms with Crippen molar-refractivity contribution in [2.24, 2.45) is 0 Å². The Morgan fingerprint density at radius 2 is 1.81 bits per heavy atom. The summed E-state index contributed by atoms with van der Waals surface area (Å²) in [5, 5.41) is 8.53. The molecule has 1 aliphatic heterocycles. The fraction of sp³-hybridized carbons (Fsp3) is 0.280. The summed E-state index contributed by atoms with van der Waals surface area (Å²) in [6.45, 7) is 6.21. The molecule has 0 bridgehead atoms. The summed E-state index contributed by atoms with van der Waals surface area (Å²) >= 11 is 0. The molecule has 3 aromatic heterocycles. The lowest BCUT2D eigenvalue weighted by Crippen LogP contribution is -2.36. The molecular formula is C25H22F3N7O. The van der Waals surface area contributed by atoms with Crippen LogP contribution in [0.5, 0.6) is 0 Å². The van der Waals surface area contributed by atoms with Gasteiger partial charge in [0.1, 0.15) is 17.7 Å². The number of aryl methyl sites for hydroxylation is 2. The van der Waals surface area contributed by atoms with Crippen LogP contribution in [0.1, 0.15) is 17.1 Å². The number of pyridine rings is 1. The van der Waals surface area contributed by atoms with E-state index in [1.165, 1.54) is 12.4 Å². The standard InChI is InChI=1S/C25H22F3N7O/c1-14-10-20(17-4-3-5-19(22(17)31-14)25(26,27)28)35-15(2)32-23-18(24-29-13-30-33-24)11-16(12-21(23)35)34-6-8-36-9-7-34/h3-5,10-13H,6-9H2,1-2H3,(H,29,30,33). The van der Waals surface area contributed by atoms with E-state index >= 15 is 0 Å². The zero-order valence-corrected chi connectivity index (χ0v) is 19.6. The number of morpholine rings is 1. The molecule has 1 fully saturated rings. The van der Waals surface area contributed by atoms with Crippen molar-refractivity contribution in [2.75, 3.05) is 31.2 Å². The number of ether oxygens (including phenoxy) is 1. The molecule has 6 rings (SSSR count). The minimum absolute atomic E-state index is 0.0824. The number of halogens is 3. The van der Waals surface area contributed by atoms with Gasteiger partial charge in [0.25, 0.3) is 0 Å². The molecule has 0 saturated carbocycles. The number of aromatic nitrogens is 6. The fourth-order valence-electron chi connectivity index (χ4n) is 4.87. The van der Waals surface area contributed by atoms with Gasteiger partial charge in [0.05, 0.1) is 35.5 Å². The van der Waals surface area contributed by atoms with Crippen LogP contribution in [0, 0.1) is 13.8 Å². The molecule has 0 atom stereocenters. The molecule has 8 nitrogen and oxygen atoms in total. The van der Waals surface area contributed by atoms with Gasteiger partial charge in [-0.05, 0) is 38.1 Å². The topological polar surface area (TPSA) is 84.8 Å². The number of para-hydroxylation sites is 1. The number of anilines is 1. The van der Waals surface area contributed by atoms with Crippen molar-refractivity contribution in [1.29, 1.82) is 0 Å². The van der Waals surface area contributed by atoms with Crippen LogP contribution in [0.15, 0.2) is 42.7 Å². The second kappa shape index (κ2) is 8.30. The molecule has 36 heavy (non-hydrogen) atoms. The third-order valence-corrected chi connectivity index (χ3v) is 6.45. The zero-order chi connectivity index (χ0) is 25.0. The number of H-pyrrole nitrogens is 1. The van der Waals surface area contributed by atoms with Crippen LogP contribution in [0.4, 0.5) is 18.9 Å². The van der Waals surface area contributed by atoms with Crippen molar-refractivity contribution in [3.63, 3.8) is 0 Å². The molecule has 184 valence electrons.